The molecule has 2 aliphatic rings. The van der Waals surface area contributed by atoms with Crippen molar-refractivity contribution in [2.45, 2.75) is 37.5 Å². The minimum absolute atomic E-state index is 0.310. The van der Waals surface area contributed by atoms with Gasteiger partial charge in [0.15, 0.2) is 0 Å². The number of ether oxygens (including phenoxy) is 1. The van der Waals surface area contributed by atoms with Crippen molar-refractivity contribution in [3.8, 4) is 0 Å². The van der Waals surface area contributed by atoms with Crippen LogP contribution in [0, 0.1) is 0 Å². The second-order valence-corrected chi connectivity index (χ2v) is 4.24. The zero-order valence-electron chi connectivity index (χ0n) is 8.94. The van der Waals surface area contributed by atoms with Gasteiger partial charge in [-0.05, 0) is 19.4 Å². The lowest BCUT2D eigenvalue weighted by atomic mass is 10.2. The Bertz CT molecular complexity index is 289. The van der Waals surface area contributed by atoms with Gasteiger partial charge in [-0.2, -0.15) is 0 Å². The zero-order valence-corrected chi connectivity index (χ0v) is 8.94. The molecule has 2 fully saturated rings. The van der Waals surface area contributed by atoms with E-state index in [1.54, 1.807) is 0 Å². The van der Waals surface area contributed by atoms with Gasteiger partial charge in [0, 0.05) is 13.0 Å². The first-order valence-electron chi connectivity index (χ1n) is 5.57. The number of esters is 2. The van der Waals surface area contributed by atoms with Crippen LogP contribution in [0.2, 0.25) is 0 Å². The van der Waals surface area contributed by atoms with Crippen LogP contribution in [-0.4, -0.2) is 48.3 Å². The molecule has 0 aromatic carbocycles. The maximum atomic E-state index is 11.5. The van der Waals surface area contributed by atoms with Crippen molar-refractivity contribution in [1.82, 2.24) is 10.6 Å². The summed E-state index contributed by atoms with van der Waals surface area (Å²) < 4.78 is 4.75. The van der Waals surface area contributed by atoms with Gasteiger partial charge >= 0.3 is 11.9 Å². The topological polar surface area (TPSA) is 87.7 Å². The molecular weight excluding hydrogens is 212 g/mol. The van der Waals surface area contributed by atoms with Gasteiger partial charge in [-0.3, -0.25) is 0 Å². The summed E-state index contributed by atoms with van der Waals surface area (Å²) >= 11 is 0. The average Bonchev–Trinajstić information content (AvgIpc) is 2.87. The summed E-state index contributed by atoms with van der Waals surface area (Å²) in [7, 11) is 0. The van der Waals surface area contributed by atoms with Gasteiger partial charge in [0.2, 0.25) is 0 Å². The van der Waals surface area contributed by atoms with Crippen molar-refractivity contribution in [3.05, 3.63) is 0 Å². The molecule has 2 rings (SSSR count). The molecule has 2 aliphatic heterocycles. The average molecular weight is 228 g/mol. The van der Waals surface area contributed by atoms with Crippen molar-refractivity contribution < 1.29 is 19.4 Å². The van der Waals surface area contributed by atoms with Crippen molar-refractivity contribution in [3.63, 3.8) is 0 Å². The lowest BCUT2D eigenvalue weighted by Gasteiger charge is -2.12. The molecule has 1 unspecified atom stereocenters. The van der Waals surface area contributed by atoms with Crippen LogP contribution in [0.1, 0.15) is 19.3 Å². The maximum absolute atomic E-state index is 11.5. The quantitative estimate of drug-likeness (QED) is 0.395. The fourth-order valence-electron chi connectivity index (χ4n) is 2.02. The number of hydrogen-bond acceptors (Lipinski definition) is 6. The number of nitrogens with one attached hydrogen (secondary N) is 2. The first kappa shape index (κ1) is 11.5. The minimum Gasteiger partial charge on any atom is -0.392 e. The van der Waals surface area contributed by atoms with E-state index in [0.29, 0.717) is 19.4 Å². The molecule has 0 saturated carbocycles. The van der Waals surface area contributed by atoms with Gasteiger partial charge in [0.1, 0.15) is 12.1 Å². The van der Waals surface area contributed by atoms with E-state index in [1.807, 2.05) is 0 Å². The number of aliphatic hydroxyl groups is 1. The molecule has 3 atom stereocenters. The molecule has 6 nitrogen and oxygen atoms in total. The van der Waals surface area contributed by atoms with E-state index < -0.39 is 24.1 Å². The van der Waals surface area contributed by atoms with E-state index in [0.717, 1.165) is 13.0 Å². The van der Waals surface area contributed by atoms with Crippen LogP contribution in [0.15, 0.2) is 0 Å². The molecule has 0 amide bonds. The van der Waals surface area contributed by atoms with Gasteiger partial charge in [-0.25, -0.2) is 9.59 Å². The largest absolute Gasteiger partial charge is 0.392 e. The second-order valence-electron chi connectivity index (χ2n) is 4.24. The number of carbonyl (C=O) groups is 2. The molecule has 2 saturated heterocycles. The highest BCUT2D eigenvalue weighted by molar-refractivity contribution is 5.91. The third kappa shape index (κ3) is 2.58. The van der Waals surface area contributed by atoms with E-state index in [1.165, 1.54) is 0 Å². The van der Waals surface area contributed by atoms with Crippen molar-refractivity contribution >= 4 is 11.9 Å². The van der Waals surface area contributed by atoms with E-state index >= 15 is 0 Å². The van der Waals surface area contributed by atoms with Crippen molar-refractivity contribution in [1.29, 1.82) is 0 Å². The summed E-state index contributed by atoms with van der Waals surface area (Å²) in [4.78, 5) is 23.0. The first-order valence-corrected chi connectivity index (χ1v) is 5.57. The summed E-state index contributed by atoms with van der Waals surface area (Å²) in [6.07, 6.45) is 1.42. The molecule has 90 valence electrons. The fraction of sp³-hybridized carbons (Fsp3) is 0.800. The molecule has 0 radical (unpaired) electrons. The van der Waals surface area contributed by atoms with Crippen LogP contribution >= 0.6 is 0 Å². The first-order chi connectivity index (χ1) is 7.66. The fourth-order valence-corrected chi connectivity index (χ4v) is 2.02. The third-order valence-electron chi connectivity index (χ3n) is 2.94. The van der Waals surface area contributed by atoms with Crippen LogP contribution in [0.5, 0.6) is 0 Å². The molecule has 0 aliphatic carbocycles. The number of β-amino-alcohol motifs (C(OH)–C–C–N with tert-alkyl or cyclic N) is 1. The Morgan fingerprint density at radius 3 is 2.50 bits per heavy atom. The molecule has 16 heavy (non-hydrogen) atoms. The normalized spacial score (nSPS) is 33.9. The Kier molecular flexibility index (Phi) is 3.52. The van der Waals surface area contributed by atoms with Gasteiger partial charge in [0.25, 0.3) is 0 Å². The molecular formula is C10H16N2O4. The summed E-state index contributed by atoms with van der Waals surface area (Å²) in [6, 6.07) is -0.907. The number of hydrogen-bond donors (Lipinski definition) is 3. The highest BCUT2D eigenvalue weighted by Crippen LogP contribution is 2.11. The van der Waals surface area contributed by atoms with Crippen LogP contribution in [0.4, 0.5) is 0 Å². The van der Waals surface area contributed by atoms with E-state index in [4.69, 9.17) is 4.74 Å². The summed E-state index contributed by atoms with van der Waals surface area (Å²) in [5, 5.41) is 15.0. The lowest BCUT2D eigenvalue weighted by molar-refractivity contribution is -0.162. The maximum Gasteiger partial charge on any atom is 0.330 e. The summed E-state index contributed by atoms with van der Waals surface area (Å²) in [5.41, 5.74) is 0. The predicted octanol–water partition coefficient (Wildman–Crippen LogP) is -1.47. The zero-order chi connectivity index (χ0) is 11.5. The Morgan fingerprint density at radius 2 is 1.94 bits per heavy atom. The van der Waals surface area contributed by atoms with Crippen molar-refractivity contribution in [2.75, 3.05) is 13.1 Å². The van der Waals surface area contributed by atoms with Crippen LogP contribution in [0.3, 0.4) is 0 Å². The van der Waals surface area contributed by atoms with Gasteiger partial charge in [-0.15, -0.1) is 0 Å². The van der Waals surface area contributed by atoms with Crippen LogP contribution < -0.4 is 10.6 Å². The SMILES string of the molecule is O=C(OC(=O)[C@@H]1CC(O)CN1)[C@@H]1CCCN1. The minimum atomic E-state index is -0.588. The Labute approximate surface area is 93.3 Å². The molecule has 0 aromatic heterocycles. The smallest absolute Gasteiger partial charge is 0.330 e. The lowest BCUT2D eigenvalue weighted by Crippen LogP contribution is -2.39. The summed E-state index contributed by atoms with van der Waals surface area (Å²) in [5.74, 6) is -1.10. The van der Waals surface area contributed by atoms with Crippen molar-refractivity contribution in [2.24, 2.45) is 0 Å². The van der Waals surface area contributed by atoms with Gasteiger partial charge < -0.3 is 20.5 Å². The van der Waals surface area contributed by atoms with E-state index in [2.05, 4.69) is 10.6 Å². The monoisotopic (exact) mass is 228 g/mol. The number of carbonyl (C=O) groups excluding carboxylic acids is 2. The third-order valence-corrected chi connectivity index (χ3v) is 2.94. The standard InChI is InChI=1S/C10H16N2O4/c13-6-4-8(12-5-6)10(15)16-9(14)7-2-1-3-11-7/h6-8,11-13H,1-5H2/t6?,7-,8-/m0/s1. The van der Waals surface area contributed by atoms with Gasteiger partial charge in [0.05, 0.1) is 6.10 Å². The number of rotatable bonds is 2. The Hall–Kier alpha value is -0.980. The van der Waals surface area contributed by atoms with E-state index in [9.17, 15) is 14.7 Å². The number of aliphatic hydroxyl groups excluding tert-OH is 1. The molecule has 3 N–H and O–H groups in total. The van der Waals surface area contributed by atoms with Gasteiger partial charge in [-0.1, -0.05) is 0 Å². The van der Waals surface area contributed by atoms with E-state index in [-0.39, 0.29) is 6.04 Å². The molecule has 0 bridgehead atoms. The molecule has 2 heterocycles. The molecule has 0 aromatic rings. The molecule has 6 heteroatoms. The van der Waals surface area contributed by atoms with Crippen LogP contribution in [-0.2, 0) is 14.3 Å². The Morgan fingerprint density at radius 1 is 1.19 bits per heavy atom. The Balaban J connectivity index is 1.80. The highest BCUT2D eigenvalue weighted by atomic mass is 16.6. The van der Waals surface area contributed by atoms with Crippen LogP contribution in [0.25, 0.3) is 0 Å². The second kappa shape index (κ2) is 4.90. The highest BCUT2D eigenvalue weighted by Gasteiger charge is 2.33. The summed E-state index contributed by atoms with van der Waals surface area (Å²) in [6.45, 7) is 1.16. The predicted molar refractivity (Wildman–Crippen MR) is 54.5 cm³/mol. The molecule has 0 spiro atoms.